The van der Waals surface area contributed by atoms with E-state index in [1.165, 1.54) is 4.90 Å². The van der Waals surface area contributed by atoms with E-state index in [1.54, 1.807) is 12.1 Å². The van der Waals surface area contributed by atoms with Crippen molar-refractivity contribution >= 4 is 23.3 Å². The third-order valence-corrected chi connectivity index (χ3v) is 6.68. The molecule has 1 N–H and O–H groups in total. The van der Waals surface area contributed by atoms with Crippen molar-refractivity contribution in [2.24, 2.45) is 11.8 Å². The topological polar surface area (TPSA) is 58.9 Å². The molecule has 5 nitrogen and oxygen atoms in total. The Morgan fingerprint density at radius 3 is 2.36 bits per heavy atom. The van der Waals surface area contributed by atoms with Crippen molar-refractivity contribution in [3.63, 3.8) is 0 Å². The number of Topliss-reactive ketones (excluding diaryl/α,β-unsaturated/α-hetero) is 1. The number of hydrogen-bond donors (Lipinski definition) is 1. The molecule has 5 heteroatoms. The number of fused-ring (bicyclic) bond motifs is 3. The minimum atomic E-state index is -0.554. The molecular formula is C23H23N2O3+. The van der Waals surface area contributed by atoms with E-state index in [2.05, 4.69) is 0 Å². The molecule has 3 aliphatic heterocycles. The van der Waals surface area contributed by atoms with Crippen LogP contribution < -0.4 is 9.80 Å². The zero-order valence-corrected chi connectivity index (χ0v) is 15.8. The van der Waals surface area contributed by atoms with Gasteiger partial charge < -0.3 is 4.90 Å². The van der Waals surface area contributed by atoms with Gasteiger partial charge in [0, 0.05) is 18.4 Å². The van der Waals surface area contributed by atoms with Crippen LogP contribution in [0.1, 0.15) is 28.8 Å². The first-order valence-electron chi connectivity index (χ1n) is 9.97. The Labute approximate surface area is 163 Å². The van der Waals surface area contributed by atoms with Gasteiger partial charge in [-0.2, -0.15) is 0 Å². The molecule has 0 spiro atoms. The molecule has 3 saturated heterocycles. The summed E-state index contributed by atoms with van der Waals surface area (Å²) in [5.74, 6) is -1.30. The summed E-state index contributed by atoms with van der Waals surface area (Å²) >= 11 is 0. The van der Waals surface area contributed by atoms with Gasteiger partial charge in [0.2, 0.25) is 17.6 Å². The fourth-order valence-electron chi connectivity index (χ4n) is 5.47. The molecule has 2 aromatic rings. The van der Waals surface area contributed by atoms with Crippen LogP contribution in [-0.4, -0.2) is 36.2 Å². The predicted molar refractivity (Wildman–Crippen MR) is 104 cm³/mol. The minimum absolute atomic E-state index is 0.0121. The summed E-state index contributed by atoms with van der Waals surface area (Å²) in [6.45, 7) is 2.83. The fraction of sp³-hybridized carbons (Fsp3) is 0.348. The third-order valence-electron chi connectivity index (χ3n) is 6.68. The molecule has 0 aliphatic carbocycles. The summed E-state index contributed by atoms with van der Waals surface area (Å²) in [6.07, 6.45) is 1.89. The lowest BCUT2D eigenvalue weighted by atomic mass is 9.85. The van der Waals surface area contributed by atoms with E-state index in [1.807, 2.05) is 49.4 Å². The highest BCUT2D eigenvalue weighted by Crippen LogP contribution is 2.40. The molecule has 142 valence electrons. The molecule has 5 rings (SSSR count). The normalized spacial score (nSPS) is 31.2. The van der Waals surface area contributed by atoms with Crippen molar-refractivity contribution in [1.29, 1.82) is 0 Å². The molecule has 3 aliphatic rings. The minimum Gasteiger partial charge on any atom is -0.322 e. The summed E-state index contributed by atoms with van der Waals surface area (Å²) in [5, 5.41) is 0. The Kier molecular flexibility index (Phi) is 3.95. The summed E-state index contributed by atoms with van der Waals surface area (Å²) < 4.78 is 0. The summed E-state index contributed by atoms with van der Waals surface area (Å²) in [6, 6.07) is 16.2. The van der Waals surface area contributed by atoms with Gasteiger partial charge in [0.05, 0.1) is 12.2 Å². The van der Waals surface area contributed by atoms with Gasteiger partial charge in [-0.25, -0.2) is 4.90 Å². The van der Waals surface area contributed by atoms with Gasteiger partial charge in [-0.1, -0.05) is 48.0 Å². The van der Waals surface area contributed by atoms with Crippen molar-refractivity contribution in [3.05, 3.63) is 65.7 Å². The van der Waals surface area contributed by atoms with Gasteiger partial charge in [-0.15, -0.1) is 0 Å². The number of benzene rings is 2. The second kappa shape index (κ2) is 6.38. The average Bonchev–Trinajstić information content (AvgIpc) is 3.35. The molecule has 1 unspecified atom stereocenters. The zero-order chi connectivity index (χ0) is 19.4. The predicted octanol–water partition coefficient (Wildman–Crippen LogP) is 1.41. The van der Waals surface area contributed by atoms with E-state index in [0.717, 1.165) is 29.8 Å². The van der Waals surface area contributed by atoms with Gasteiger partial charge in [0.25, 0.3) is 0 Å². The van der Waals surface area contributed by atoms with E-state index in [-0.39, 0.29) is 29.6 Å². The second-order valence-corrected chi connectivity index (χ2v) is 8.18. The first-order valence-corrected chi connectivity index (χ1v) is 9.97. The van der Waals surface area contributed by atoms with Crippen LogP contribution in [0.5, 0.6) is 0 Å². The van der Waals surface area contributed by atoms with E-state index >= 15 is 0 Å². The number of ketones is 1. The summed E-state index contributed by atoms with van der Waals surface area (Å²) in [4.78, 5) is 42.5. The molecular weight excluding hydrogens is 352 g/mol. The molecule has 0 saturated carbocycles. The standard InChI is InChI=1S/C23H22N2O3/c1-14-9-11-16(12-10-14)25-22(27)18-17-8-5-13-24(17)20(19(18)23(25)28)21(26)15-6-3-2-4-7-15/h2-4,6-7,9-12,17-20H,5,8,13H2,1H3/p+1/t17-,18+,19+,20-/m0/s1. The summed E-state index contributed by atoms with van der Waals surface area (Å²) in [7, 11) is 0. The van der Waals surface area contributed by atoms with E-state index in [0.29, 0.717) is 11.3 Å². The highest BCUT2D eigenvalue weighted by Gasteiger charge is 2.68. The van der Waals surface area contributed by atoms with Crippen LogP contribution in [-0.2, 0) is 9.59 Å². The van der Waals surface area contributed by atoms with Gasteiger partial charge in [0.15, 0.2) is 6.04 Å². The average molecular weight is 375 g/mol. The smallest absolute Gasteiger partial charge is 0.244 e. The number of carbonyl (C=O) groups excluding carboxylic acids is 3. The molecule has 0 radical (unpaired) electrons. The molecule has 28 heavy (non-hydrogen) atoms. The number of amides is 2. The number of aryl methyl sites for hydroxylation is 1. The molecule has 2 amide bonds. The maximum absolute atomic E-state index is 13.4. The Bertz CT molecular complexity index is 954. The Morgan fingerprint density at radius 1 is 0.964 bits per heavy atom. The van der Waals surface area contributed by atoms with Crippen molar-refractivity contribution < 1.29 is 19.3 Å². The van der Waals surface area contributed by atoms with Crippen LogP contribution in [0.25, 0.3) is 0 Å². The maximum Gasteiger partial charge on any atom is 0.244 e. The lowest BCUT2D eigenvalue weighted by Gasteiger charge is -2.25. The molecule has 0 aromatic heterocycles. The van der Waals surface area contributed by atoms with Crippen LogP contribution in [0.4, 0.5) is 5.69 Å². The second-order valence-electron chi connectivity index (χ2n) is 8.18. The summed E-state index contributed by atoms with van der Waals surface area (Å²) in [5.41, 5.74) is 2.31. The lowest BCUT2D eigenvalue weighted by molar-refractivity contribution is -0.915. The first kappa shape index (κ1) is 17.3. The fourth-order valence-corrected chi connectivity index (χ4v) is 5.47. The molecule has 0 bridgehead atoms. The van der Waals surface area contributed by atoms with Gasteiger partial charge in [0.1, 0.15) is 17.9 Å². The van der Waals surface area contributed by atoms with E-state index < -0.39 is 12.0 Å². The van der Waals surface area contributed by atoms with Crippen molar-refractivity contribution in [1.82, 2.24) is 0 Å². The largest absolute Gasteiger partial charge is 0.322 e. The van der Waals surface area contributed by atoms with Crippen LogP contribution in [0.3, 0.4) is 0 Å². The Hall–Kier alpha value is -2.79. The van der Waals surface area contributed by atoms with Crippen molar-refractivity contribution in [2.45, 2.75) is 31.8 Å². The van der Waals surface area contributed by atoms with E-state index in [4.69, 9.17) is 0 Å². The lowest BCUT2D eigenvalue weighted by Crippen LogP contribution is -3.16. The van der Waals surface area contributed by atoms with Crippen LogP contribution >= 0.6 is 0 Å². The number of imide groups is 1. The number of anilines is 1. The van der Waals surface area contributed by atoms with Crippen LogP contribution in [0.15, 0.2) is 54.6 Å². The van der Waals surface area contributed by atoms with Crippen molar-refractivity contribution in [3.8, 4) is 0 Å². The molecule has 3 heterocycles. The Balaban J connectivity index is 1.55. The molecule has 5 atom stereocenters. The highest BCUT2D eigenvalue weighted by atomic mass is 16.2. The quantitative estimate of drug-likeness (QED) is 0.652. The number of nitrogens with one attached hydrogen (secondary N) is 1. The highest BCUT2D eigenvalue weighted by molar-refractivity contribution is 6.24. The number of hydrogen-bond acceptors (Lipinski definition) is 3. The van der Waals surface area contributed by atoms with Crippen LogP contribution in [0, 0.1) is 18.8 Å². The maximum atomic E-state index is 13.4. The SMILES string of the molecule is Cc1ccc(N2C(=O)[C@@H]3[C@H](C2=O)[C@@H]2CCC[NH+]2[C@@H]3C(=O)c2ccccc2)cc1. The van der Waals surface area contributed by atoms with E-state index in [9.17, 15) is 14.4 Å². The van der Waals surface area contributed by atoms with Gasteiger partial charge in [-0.05, 0) is 19.1 Å². The number of rotatable bonds is 3. The van der Waals surface area contributed by atoms with Gasteiger partial charge >= 0.3 is 0 Å². The number of carbonyl (C=O) groups is 3. The number of quaternary nitrogens is 1. The third kappa shape index (κ3) is 2.39. The van der Waals surface area contributed by atoms with Crippen LogP contribution in [0.2, 0.25) is 0 Å². The number of nitrogens with zero attached hydrogens (tertiary/aromatic N) is 1. The molecule has 3 fully saturated rings. The first-order chi connectivity index (χ1) is 13.6. The van der Waals surface area contributed by atoms with Crippen molar-refractivity contribution in [2.75, 3.05) is 11.4 Å². The Morgan fingerprint density at radius 2 is 1.64 bits per heavy atom. The van der Waals surface area contributed by atoms with Gasteiger partial charge in [-0.3, -0.25) is 14.4 Å². The zero-order valence-electron chi connectivity index (χ0n) is 15.8. The monoisotopic (exact) mass is 375 g/mol. The molecule has 2 aromatic carbocycles.